The molecule has 3 nitrogen and oxygen atoms in total. The van der Waals surface area contributed by atoms with Crippen molar-refractivity contribution >= 4 is 0 Å². The fraction of sp³-hybridized carbons (Fsp3) is 0.273. The Morgan fingerprint density at radius 1 is 1.15 bits per heavy atom. The van der Waals surface area contributed by atoms with Crippen molar-refractivity contribution in [1.82, 2.24) is 9.55 Å². The first kappa shape index (κ1) is 16.5. The quantitative estimate of drug-likeness (QED) is 0.621. The van der Waals surface area contributed by atoms with Crippen molar-refractivity contribution in [3.8, 4) is 17.2 Å². The van der Waals surface area contributed by atoms with E-state index in [-0.39, 0.29) is 11.9 Å². The lowest BCUT2D eigenvalue weighted by Crippen LogP contribution is -2.12. The van der Waals surface area contributed by atoms with Crippen LogP contribution in [0.15, 0.2) is 55.0 Å². The van der Waals surface area contributed by atoms with Crippen LogP contribution in [0.2, 0.25) is 0 Å². The smallest absolute Gasteiger partial charge is 0.123 e. The molecule has 0 bridgehead atoms. The van der Waals surface area contributed by atoms with E-state index in [9.17, 15) is 9.65 Å². The van der Waals surface area contributed by atoms with Crippen LogP contribution in [0.1, 0.15) is 55.0 Å². The third-order valence-corrected chi connectivity index (χ3v) is 5.35. The molecule has 3 aromatic rings. The van der Waals surface area contributed by atoms with Crippen LogP contribution in [0.5, 0.6) is 0 Å². The Balaban J connectivity index is 1.88. The zero-order valence-electron chi connectivity index (χ0n) is 14.7. The number of imidazole rings is 1. The van der Waals surface area contributed by atoms with Gasteiger partial charge in [-0.15, -0.1) is 0 Å². The third kappa shape index (κ3) is 2.90. The highest BCUT2D eigenvalue weighted by Gasteiger charge is 2.25. The Morgan fingerprint density at radius 2 is 1.96 bits per heavy atom. The maximum atomic E-state index is 13.4. The molecule has 0 amide bonds. The van der Waals surface area contributed by atoms with Crippen LogP contribution in [0, 0.1) is 17.1 Å². The summed E-state index contributed by atoms with van der Waals surface area (Å²) in [6.07, 6.45) is 7.17. The molecular weight excluding hydrogens is 325 g/mol. The monoisotopic (exact) mass is 345 g/mol. The van der Waals surface area contributed by atoms with E-state index in [0.29, 0.717) is 11.5 Å². The summed E-state index contributed by atoms with van der Waals surface area (Å²) in [6, 6.07) is 14.7. The second-order valence-electron chi connectivity index (χ2n) is 6.99. The van der Waals surface area contributed by atoms with Gasteiger partial charge in [0.2, 0.25) is 0 Å². The van der Waals surface area contributed by atoms with Crippen LogP contribution >= 0.6 is 0 Å². The molecule has 0 saturated heterocycles. The average Bonchev–Trinajstić information content (AvgIpc) is 3.09. The van der Waals surface area contributed by atoms with Crippen molar-refractivity contribution in [3.63, 3.8) is 0 Å². The molecule has 0 N–H and O–H groups in total. The Labute approximate surface area is 152 Å². The van der Waals surface area contributed by atoms with E-state index in [0.717, 1.165) is 36.0 Å². The van der Waals surface area contributed by atoms with E-state index in [1.54, 1.807) is 12.1 Å². The molecule has 1 aliphatic rings. The number of rotatable bonds is 2. The SMILES string of the molecule is C[C@H]1CCC[C@@H](c2ccc(C#N)cc2-c2ccc(F)cc2)n2cncc21. The Morgan fingerprint density at radius 3 is 2.73 bits per heavy atom. The summed E-state index contributed by atoms with van der Waals surface area (Å²) >= 11 is 0. The number of halogens is 1. The number of aromatic nitrogens is 2. The van der Waals surface area contributed by atoms with Crippen molar-refractivity contribution in [1.29, 1.82) is 5.26 Å². The number of nitrogens with zero attached hydrogens (tertiary/aromatic N) is 3. The first-order valence-corrected chi connectivity index (χ1v) is 8.99. The summed E-state index contributed by atoms with van der Waals surface area (Å²) in [7, 11) is 0. The van der Waals surface area contributed by atoms with Gasteiger partial charge < -0.3 is 4.57 Å². The van der Waals surface area contributed by atoms with Crippen molar-refractivity contribution in [2.75, 3.05) is 0 Å². The fourth-order valence-electron chi connectivity index (χ4n) is 3.96. The van der Waals surface area contributed by atoms with Gasteiger partial charge in [0.05, 0.1) is 24.0 Å². The molecule has 26 heavy (non-hydrogen) atoms. The predicted octanol–water partition coefficient (Wildman–Crippen LogP) is 5.44. The maximum Gasteiger partial charge on any atom is 0.123 e. The Kier molecular flexibility index (Phi) is 4.30. The van der Waals surface area contributed by atoms with Crippen LogP contribution < -0.4 is 0 Å². The minimum Gasteiger partial charge on any atom is -0.327 e. The van der Waals surface area contributed by atoms with Gasteiger partial charge in [0.1, 0.15) is 5.82 Å². The zero-order valence-corrected chi connectivity index (χ0v) is 14.7. The molecule has 130 valence electrons. The van der Waals surface area contributed by atoms with E-state index in [4.69, 9.17) is 0 Å². The van der Waals surface area contributed by atoms with Crippen LogP contribution in [-0.2, 0) is 0 Å². The number of hydrogen-bond acceptors (Lipinski definition) is 2. The highest BCUT2D eigenvalue weighted by atomic mass is 19.1. The summed E-state index contributed by atoms with van der Waals surface area (Å²) in [5.74, 6) is 0.224. The molecule has 4 heteroatoms. The third-order valence-electron chi connectivity index (χ3n) is 5.35. The van der Waals surface area contributed by atoms with Crippen molar-refractivity contribution in [2.24, 2.45) is 0 Å². The van der Waals surface area contributed by atoms with Gasteiger partial charge in [-0.3, -0.25) is 0 Å². The van der Waals surface area contributed by atoms with Gasteiger partial charge in [0, 0.05) is 11.9 Å². The highest BCUT2D eigenvalue weighted by Crippen LogP contribution is 2.39. The van der Waals surface area contributed by atoms with Gasteiger partial charge in [0.25, 0.3) is 0 Å². The lowest BCUT2D eigenvalue weighted by atomic mass is 9.91. The minimum absolute atomic E-state index is 0.172. The molecule has 2 atom stereocenters. The summed E-state index contributed by atoms with van der Waals surface area (Å²) in [6.45, 7) is 2.25. The summed E-state index contributed by atoms with van der Waals surface area (Å²) < 4.78 is 15.7. The lowest BCUT2D eigenvalue weighted by Gasteiger charge is -2.23. The predicted molar refractivity (Wildman–Crippen MR) is 99.2 cm³/mol. The van der Waals surface area contributed by atoms with Gasteiger partial charge in [0.15, 0.2) is 0 Å². The average molecular weight is 345 g/mol. The van der Waals surface area contributed by atoms with Gasteiger partial charge in [-0.05, 0) is 59.7 Å². The van der Waals surface area contributed by atoms with E-state index in [2.05, 4.69) is 22.5 Å². The van der Waals surface area contributed by atoms with Crippen LogP contribution in [0.25, 0.3) is 11.1 Å². The fourth-order valence-corrected chi connectivity index (χ4v) is 3.96. The minimum atomic E-state index is -0.257. The Bertz CT molecular complexity index is 966. The molecule has 1 aliphatic heterocycles. The number of benzene rings is 2. The lowest BCUT2D eigenvalue weighted by molar-refractivity contribution is 0.536. The second kappa shape index (κ2) is 6.76. The van der Waals surface area contributed by atoms with Gasteiger partial charge >= 0.3 is 0 Å². The van der Waals surface area contributed by atoms with Crippen LogP contribution in [0.3, 0.4) is 0 Å². The first-order valence-electron chi connectivity index (χ1n) is 8.99. The van der Waals surface area contributed by atoms with Gasteiger partial charge in [-0.25, -0.2) is 9.37 Å². The van der Waals surface area contributed by atoms with Crippen molar-refractivity contribution in [2.45, 2.75) is 38.1 Å². The topological polar surface area (TPSA) is 41.6 Å². The number of hydrogen-bond donors (Lipinski definition) is 0. The summed E-state index contributed by atoms with van der Waals surface area (Å²) in [5.41, 5.74) is 4.94. The van der Waals surface area contributed by atoms with Gasteiger partial charge in [-0.2, -0.15) is 5.26 Å². The maximum absolute atomic E-state index is 13.4. The van der Waals surface area contributed by atoms with Crippen molar-refractivity contribution in [3.05, 3.63) is 77.6 Å². The molecule has 0 unspecified atom stereocenters. The van der Waals surface area contributed by atoms with E-state index >= 15 is 0 Å². The van der Waals surface area contributed by atoms with E-state index in [1.165, 1.54) is 17.8 Å². The summed E-state index contributed by atoms with van der Waals surface area (Å²) in [4.78, 5) is 4.38. The molecule has 2 aromatic carbocycles. The second-order valence-corrected chi connectivity index (χ2v) is 6.99. The van der Waals surface area contributed by atoms with Crippen LogP contribution in [0.4, 0.5) is 4.39 Å². The number of fused-ring (bicyclic) bond motifs is 1. The molecule has 0 spiro atoms. The first-order chi connectivity index (χ1) is 12.7. The molecule has 0 radical (unpaired) electrons. The molecule has 0 saturated carbocycles. The molecule has 0 fully saturated rings. The molecule has 4 rings (SSSR count). The molecule has 0 aliphatic carbocycles. The summed E-state index contributed by atoms with van der Waals surface area (Å²) in [5, 5.41) is 9.33. The standard InChI is InChI=1S/C22H20FN3/c1-15-3-2-4-21(26-14-25-13-22(15)26)19-10-5-16(12-24)11-20(19)17-6-8-18(23)9-7-17/h5-11,13-15,21H,2-4H2,1H3/t15-,21-/m0/s1. The largest absolute Gasteiger partial charge is 0.327 e. The van der Waals surface area contributed by atoms with Crippen molar-refractivity contribution < 1.29 is 4.39 Å². The van der Waals surface area contributed by atoms with E-state index < -0.39 is 0 Å². The van der Waals surface area contributed by atoms with Gasteiger partial charge in [-0.1, -0.05) is 31.5 Å². The molecule has 1 aromatic heterocycles. The molecule has 2 heterocycles. The zero-order chi connectivity index (χ0) is 18.1. The molecular formula is C22H20FN3. The van der Waals surface area contributed by atoms with E-state index in [1.807, 2.05) is 30.7 Å². The highest BCUT2D eigenvalue weighted by molar-refractivity contribution is 5.70. The normalized spacial score (nSPS) is 19.4. The van der Waals surface area contributed by atoms with Crippen LogP contribution in [-0.4, -0.2) is 9.55 Å². The number of nitriles is 1. The Hall–Kier alpha value is -2.93.